The number of carbonyl (C=O) groups excluding carboxylic acids is 4. The lowest BCUT2D eigenvalue weighted by Crippen LogP contribution is -2.51. The van der Waals surface area contributed by atoms with Crippen LogP contribution in [0.15, 0.2) is 30.4 Å². The van der Waals surface area contributed by atoms with E-state index in [1.807, 2.05) is 0 Å². The van der Waals surface area contributed by atoms with Gasteiger partial charge in [0.2, 0.25) is 11.8 Å². The van der Waals surface area contributed by atoms with E-state index >= 15 is 0 Å². The second-order valence-corrected chi connectivity index (χ2v) is 11.7. The summed E-state index contributed by atoms with van der Waals surface area (Å²) in [7, 11) is 0. The van der Waals surface area contributed by atoms with Crippen LogP contribution < -0.4 is 0 Å². The van der Waals surface area contributed by atoms with E-state index in [0.717, 1.165) is 32.1 Å². The van der Waals surface area contributed by atoms with Gasteiger partial charge in [0.25, 0.3) is 11.8 Å². The molecule has 3 aromatic carbocycles. The number of hydrogen-bond donors (Lipinski definition) is 0. The Kier molecular flexibility index (Phi) is 4.98. The number of likely N-dealkylation sites (N-methyl/N-ethyl adjacent to an activating group) is 1. The standard InChI is InChI=1S/C34H24N4O4/c1-2-37-31(39)21-10-8-19-26-17(15-36)13-24-28-22(33(41)38(34(24)42)18-6-4-3-5-7-18)11-9-20(30(26)28)25-16(14-35)12-23(32(37)40)27(21)29(19)25/h8-13,18,21,24H,2-7H2,1H3. The zero-order valence-electron chi connectivity index (χ0n) is 22.9. The van der Waals surface area contributed by atoms with Gasteiger partial charge in [-0.1, -0.05) is 37.5 Å². The summed E-state index contributed by atoms with van der Waals surface area (Å²) < 4.78 is 0. The summed E-state index contributed by atoms with van der Waals surface area (Å²) in [6, 6.07) is 9.50. The Labute approximate surface area is 241 Å². The third-order valence-electron chi connectivity index (χ3n) is 9.81. The van der Waals surface area contributed by atoms with Crippen LogP contribution in [0.25, 0.3) is 33.2 Å². The molecular formula is C34H24N4O4. The number of amides is 4. The fourth-order valence-electron chi connectivity index (χ4n) is 8.05. The minimum atomic E-state index is -0.792. The summed E-state index contributed by atoms with van der Waals surface area (Å²) in [6.45, 7) is 1.95. The number of carbonyl (C=O) groups is 4. The molecule has 3 aromatic rings. The Morgan fingerprint density at radius 3 is 2.33 bits per heavy atom. The molecule has 3 aliphatic carbocycles. The molecule has 0 N–H and O–H groups in total. The minimum absolute atomic E-state index is 0.157. The summed E-state index contributed by atoms with van der Waals surface area (Å²) in [6.07, 6.45) is 9.79. The van der Waals surface area contributed by atoms with E-state index in [1.165, 1.54) is 9.80 Å². The normalized spacial score (nSPS) is 22.5. The number of nitrogens with zero attached hydrogens (tertiary/aromatic N) is 4. The largest absolute Gasteiger partial charge is 0.278 e. The van der Waals surface area contributed by atoms with E-state index in [-0.39, 0.29) is 35.9 Å². The minimum Gasteiger partial charge on any atom is -0.278 e. The van der Waals surface area contributed by atoms with Crippen molar-refractivity contribution >= 4 is 56.8 Å². The number of fused-ring (bicyclic) bond motifs is 2. The zero-order chi connectivity index (χ0) is 29.0. The predicted octanol–water partition coefficient (Wildman–Crippen LogP) is 5.30. The van der Waals surface area contributed by atoms with Crippen LogP contribution in [0, 0.1) is 22.7 Å². The molecule has 42 heavy (non-hydrogen) atoms. The molecule has 204 valence electrons. The van der Waals surface area contributed by atoms with Crippen LogP contribution in [-0.2, 0) is 9.59 Å². The van der Waals surface area contributed by atoms with Gasteiger partial charge in [0.05, 0.1) is 35.1 Å². The first-order valence-corrected chi connectivity index (χ1v) is 14.5. The second-order valence-electron chi connectivity index (χ2n) is 11.7. The maximum atomic E-state index is 14.0. The van der Waals surface area contributed by atoms with Gasteiger partial charge in [0.15, 0.2) is 0 Å². The molecule has 0 spiro atoms. The molecule has 0 bridgehead atoms. The van der Waals surface area contributed by atoms with E-state index in [9.17, 15) is 29.7 Å². The van der Waals surface area contributed by atoms with Crippen LogP contribution in [0.2, 0.25) is 0 Å². The maximum Gasteiger partial charge on any atom is 0.261 e. The van der Waals surface area contributed by atoms with Crippen molar-refractivity contribution in [1.82, 2.24) is 9.80 Å². The summed E-state index contributed by atoms with van der Waals surface area (Å²) >= 11 is 0. The molecule has 5 aliphatic rings. The van der Waals surface area contributed by atoms with E-state index in [0.29, 0.717) is 60.5 Å². The highest BCUT2D eigenvalue weighted by Crippen LogP contribution is 2.53. The van der Waals surface area contributed by atoms with Crippen molar-refractivity contribution in [2.75, 3.05) is 6.54 Å². The van der Waals surface area contributed by atoms with Crippen molar-refractivity contribution in [2.24, 2.45) is 0 Å². The molecule has 0 radical (unpaired) electrons. The molecule has 1 saturated carbocycles. The lowest BCUT2D eigenvalue weighted by Gasteiger charge is -2.40. The summed E-state index contributed by atoms with van der Waals surface area (Å²) in [5.41, 5.74) is 3.65. The van der Waals surface area contributed by atoms with Crippen LogP contribution in [0.4, 0.5) is 0 Å². The first-order valence-electron chi connectivity index (χ1n) is 14.5. The third kappa shape index (κ3) is 2.84. The smallest absolute Gasteiger partial charge is 0.261 e. The number of allylic oxidation sites excluding steroid dienone is 1. The van der Waals surface area contributed by atoms with Gasteiger partial charge in [-0.2, -0.15) is 10.5 Å². The van der Waals surface area contributed by atoms with Gasteiger partial charge in [-0.3, -0.25) is 29.0 Å². The molecule has 0 aromatic heterocycles. The molecule has 4 amide bonds. The number of hydrogen-bond acceptors (Lipinski definition) is 6. The highest BCUT2D eigenvalue weighted by Gasteiger charge is 2.46. The summed E-state index contributed by atoms with van der Waals surface area (Å²) in [5.74, 6) is -2.87. The summed E-state index contributed by atoms with van der Waals surface area (Å²) in [5, 5.41) is 23.2. The first-order chi connectivity index (χ1) is 20.4. The van der Waals surface area contributed by atoms with Crippen LogP contribution in [0.3, 0.4) is 0 Å². The van der Waals surface area contributed by atoms with Gasteiger partial charge >= 0.3 is 0 Å². The number of rotatable bonds is 2. The van der Waals surface area contributed by atoms with Crippen LogP contribution >= 0.6 is 0 Å². The fourth-order valence-corrected chi connectivity index (χ4v) is 8.05. The molecule has 0 saturated heterocycles. The van der Waals surface area contributed by atoms with Crippen LogP contribution in [-0.4, -0.2) is 46.0 Å². The van der Waals surface area contributed by atoms with E-state index in [4.69, 9.17) is 0 Å². The average molecular weight is 553 g/mol. The Morgan fingerprint density at radius 1 is 0.857 bits per heavy atom. The van der Waals surface area contributed by atoms with Crippen LogP contribution in [0.1, 0.15) is 99.4 Å². The van der Waals surface area contributed by atoms with Crippen molar-refractivity contribution in [3.63, 3.8) is 0 Å². The second kappa shape index (κ2) is 8.47. The topological polar surface area (TPSA) is 122 Å². The molecular weight excluding hydrogens is 528 g/mol. The highest BCUT2D eigenvalue weighted by atomic mass is 16.2. The molecule has 8 heteroatoms. The van der Waals surface area contributed by atoms with E-state index in [2.05, 4.69) is 12.1 Å². The molecule has 8 rings (SSSR count). The van der Waals surface area contributed by atoms with Gasteiger partial charge in [-0.25, -0.2) is 0 Å². The first kappa shape index (κ1) is 24.7. The highest BCUT2D eigenvalue weighted by molar-refractivity contribution is 6.28. The van der Waals surface area contributed by atoms with E-state index in [1.54, 1.807) is 43.4 Å². The SMILES string of the molecule is CCN1C(=O)c2cc(C#N)c3c4c(c5c6c7c(ccc63)C(=O)N(C3CCCCC3)C(=O)C7C=C5C#N)C=CC(C1=O)c24. The van der Waals surface area contributed by atoms with Crippen molar-refractivity contribution in [3.05, 3.63) is 69.3 Å². The van der Waals surface area contributed by atoms with Gasteiger partial charge in [-0.15, -0.1) is 0 Å². The van der Waals surface area contributed by atoms with Crippen molar-refractivity contribution in [2.45, 2.75) is 56.9 Å². The predicted molar refractivity (Wildman–Crippen MR) is 154 cm³/mol. The van der Waals surface area contributed by atoms with Gasteiger partial charge in [-0.05, 0) is 70.8 Å². The van der Waals surface area contributed by atoms with Crippen molar-refractivity contribution < 1.29 is 19.2 Å². The Balaban J connectivity index is 1.50. The maximum absolute atomic E-state index is 14.0. The summed E-state index contributed by atoms with van der Waals surface area (Å²) in [4.78, 5) is 57.5. The quantitative estimate of drug-likeness (QED) is 0.314. The zero-order valence-corrected chi connectivity index (χ0v) is 22.9. The van der Waals surface area contributed by atoms with Gasteiger partial charge in [0, 0.05) is 34.7 Å². The molecule has 2 unspecified atom stereocenters. The van der Waals surface area contributed by atoms with Gasteiger partial charge in [0.1, 0.15) is 0 Å². The molecule has 1 fully saturated rings. The molecule has 8 nitrogen and oxygen atoms in total. The number of imide groups is 2. The van der Waals surface area contributed by atoms with Crippen LogP contribution in [0.5, 0.6) is 0 Å². The Bertz CT molecular complexity index is 2030. The van der Waals surface area contributed by atoms with Crippen molar-refractivity contribution in [1.29, 1.82) is 10.5 Å². The monoisotopic (exact) mass is 552 g/mol. The Morgan fingerprint density at radius 2 is 1.62 bits per heavy atom. The third-order valence-corrected chi connectivity index (χ3v) is 9.81. The molecule has 2 atom stereocenters. The van der Waals surface area contributed by atoms with E-state index < -0.39 is 17.7 Å². The average Bonchev–Trinajstić information content (AvgIpc) is 3.02. The molecule has 2 heterocycles. The lowest BCUT2D eigenvalue weighted by atomic mass is 9.70. The number of benzene rings is 3. The lowest BCUT2D eigenvalue weighted by molar-refractivity contribution is -0.132. The van der Waals surface area contributed by atoms with Gasteiger partial charge < -0.3 is 0 Å². The van der Waals surface area contributed by atoms with Crippen molar-refractivity contribution in [3.8, 4) is 12.1 Å². The Hall–Kier alpha value is -5.08. The number of nitriles is 2. The molecule has 2 aliphatic heterocycles. The fraction of sp³-hybridized carbons (Fsp3) is 0.294.